The number of benzene rings is 2. The zero-order valence-electron chi connectivity index (χ0n) is 10.8. The first-order valence-corrected chi connectivity index (χ1v) is 8.03. The van der Waals surface area contributed by atoms with Crippen LogP contribution in [-0.2, 0) is 16.3 Å². The maximum Gasteiger partial charge on any atom is 0.177 e. The zero-order chi connectivity index (χ0) is 13.7. The molecule has 1 N–H and O–H groups in total. The molecule has 2 aromatic rings. The highest BCUT2D eigenvalue weighted by Gasteiger charge is 2.11. The summed E-state index contributed by atoms with van der Waals surface area (Å²) in [7, 11) is -3.19. The van der Waals surface area contributed by atoms with Crippen LogP contribution in [0.5, 0.6) is 0 Å². The van der Waals surface area contributed by atoms with Crippen molar-refractivity contribution in [1.82, 2.24) is 0 Å². The van der Waals surface area contributed by atoms with Gasteiger partial charge in [0.05, 0.1) is 10.6 Å². The Kier molecular flexibility index (Phi) is 4.22. The Morgan fingerprint density at radius 2 is 1.58 bits per heavy atom. The van der Waals surface area contributed by atoms with Crippen molar-refractivity contribution < 1.29 is 8.42 Å². The summed E-state index contributed by atoms with van der Waals surface area (Å²) in [6, 6.07) is 17.1. The van der Waals surface area contributed by atoms with Crippen LogP contribution >= 0.6 is 0 Å². The molecule has 0 aliphatic carbocycles. The first-order valence-electron chi connectivity index (χ1n) is 6.14. The van der Waals surface area contributed by atoms with E-state index in [1.807, 2.05) is 24.3 Å². The molecular formula is C15H17NO2S. The summed E-state index contributed by atoms with van der Waals surface area (Å²) in [5.41, 5.74) is 1.90. The molecule has 19 heavy (non-hydrogen) atoms. The van der Waals surface area contributed by atoms with Gasteiger partial charge in [0.2, 0.25) is 0 Å². The van der Waals surface area contributed by atoms with Crippen molar-refractivity contribution in [3.05, 3.63) is 60.2 Å². The van der Waals surface area contributed by atoms with Gasteiger partial charge in [-0.05, 0) is 24.1 Å². The minimum absolute atomic E-state index is 0.350. The largest absolute Gasteiger partial charge is 0.384 e. The molecule has 0 amide bonds. The molecule has 3 nitrogen and oxygen atoms in total. The molecule has 0 saturated heterocycles. The van der Waals surface area contributed by atoms with Gasteiger partial charge in [-0.1, -0.05) is 42.5 Å². The molecule has 0 radical (unpaired) electrons. The molecule has 2 rings (SSSR count). The fraction of sp³-hybridized carbons (Fsp3) is 0.200. The number of hydrogen-bond donors (Lipinski definition) is 1. The van der Waals surface area contributed by atoms with Crippen molar-refractivity contribution in [3.8, 4) is 0 Å². The number of sulfone groups is 1. The molecule has 0 heterocycles. The molecule has 0 fully saturated rings. The number of rotatable bonds is 5. The third-order valence-corrected chi connectivity index (χ3v) is 4.01. The minimum atomic E-state index is -3.19. The Hall–Kier alpha value is -1.81. The van der Waals surface area contributed by atoms with Crippen molar-refractivity contribution in [2.45, 2.75) is 11.3 Å². The van der Waals surface area contributed by atoms with Crippen molar-refractivity contribution in [2.24, 2.45) is 0 Å². The molecular weight excluding hydrogens is 258 g/mol. The lowest BCUT2D eigenvalue weighted by molar-refractivity contribution is 0.602. The highest BCUT2D eigenvalue weighted by atomic mass is 32.2. The summed E-state index contributed by atoms with van der Waals surface area (Å²) < 4.78 is 23.3. The molecule has 100 valence electrons. The van der Waals surface area contributed by atoms with Crippen LogP contribution < -0.4 is 5.32 Å². The average molecular weight is 275 g/mol. The van der Waals surface area contributed by atoms with E-state index in [1.54, 1.807) is 18.2 Å². The predicted octanol–water partition coefficient (Wildman–Crippen LogP) is 2.74. The third kappa shape index (κ3) is 3.83. The molecule has 0 aliphatic rings. The summed E-state index contributed by atoms with van der Waals surface area (Å²) in [5, 5.41) is 3.19. The van der Waals surface area contributed by atoms with E-state index in [0.717, 1.165) is 6.42 Å². The van der Waals surface area contributed by atoms with Gasteiger partial charge in [0.25, 0.3) is 0 Å². The molecule has 0 bridgehead atoms. The summed E-state index contributed by atoms with van der Waals surface area (Å²) in [6.07, 6.45) is 2.09. The summed E-state index contributed by atoms with van der Waals surface area (Å²) in [6.45, 7) is 0.705. The quantitative estimate of drug-likeness (QED) is 0.912. The molecule has 0 atom stereocenters. The molecule has 0 spiro atoms. The van der Waals surface area contributed by atoms with Crippen LogP contribution in [0.1, 0.15) is 5.56 Å². The highest BCUT2D eigenvalue weighted by Crippen LogP contribution is 2.20. The lowest BCUT2D eigenvalue weighted by Crippen LogP contribution is -2.09. The van der Waals surface area contributed by atoms with Crippen molar-refractivity contribution in [2.75, 3.05) is 18.1 Å². The molecule has 0 saturated carbocycles. The van der Waals surface area contributed by atoms with Gasteiger partial charge in [-0.2, -0.15) is 0 Å². The second-order valence-corrected chi connectivity index (χ2v) is 6.41. The van der Waals surface area contributed by atoms with Crippen molar-refractivity contribution in [3.63, 3.8) is 0 Å². The van der Waals surface area contributed by atoms with Crippen LogP contribution in [0.15, 0.2) is 59.5 Å². The Morgan fingerprint density at radius 3 is 2.26 bits per heavy atom. The number of hydrogen-bond acceptors (Lipinski definition) is 3. The van der Waals surface area contributed by atoms with E-state index in [4.69, 9.17) is 0 Å². The fourth-order valence-corrected chi connectivity index (χ4v) is 2.79. The number of para-hydroxylation sites is 1. The monoisotopic (exact) mass is 275 g/mol. The lowest BCUT2D eigenvalue weighted by Gasteiger charge is -2.10. The van der Waals surface area contributed by atoms with Crippen LogP contribution in [0.3, 0.4) is 0 Å². The van der Waals surface area contributed by atoms with Gasteiger partial charge in [-0.15, -0.1) is 0 Å². The van der Waals surface area contributed by atoms with E-state index in [9.17, 15) is 8.42 Å². The van der Waals surface area contributed by atoms with E-state index in [2.05, 4.69) is 17.4 Å². The number of anilines is 1. The van der Waals surface area contributed by atoms with Crippen LogP contribution in [0.25, 0.3) is 0 Å². The Morgan fingerprint density at radius 1 is 0.947 bits per heavy atom. The maximum absolute atomic E-state index is 11.6. The van der Waals surface area contributed by atoms with E-state index < -0.39 is 9.84 Å². The molecule has 0 aromatic heterocycles. The second-order valence-electron chi connectivity index (χ2n) is 4.43. The van der Waals surface area contributed by atoms with Crippen LogP contribution in [-0.4, -0.2) is 21.2 Å². The first-order chi connectivity index (χ1) is 9.07. The van der Waals surface area contributed by atoms with Crippen molar-refractivity contribution >= 4 is 15.5 Å². The molecule has 4 heteroatoms. The molecule has 2 aromatic carbocycles. The zero-order valence-corrected chi connectivity index (χ0v) is 11.7. The Labute approximate surface area is 114 Å². The summed E-state index contributed by atoms with van der Waals surface area (Å²) in [5.74, 6) is 0. The van der Waals surface area contributed by atoms with E-state index in [1.165, 1.54) is 11.8 Å². The third-order valence-electron chi connectivity index (χ3n) is 2.86. The topological polar surface area (TPSA) is 46.2 Å². The van der Waals surface area contributed by atoms with Gasteiger partial charge >= 0.3 is 0 Å². The Balaban J connectivity index is 2.05. The standard InChI is InChI=1S/C15H17NO2S/c1-19(17,18)15-10-6-5-9-14(15)16-12-11-13-7-3-2-4-8-13/h2-10,16H,11-12H2,1H3. The van der Waals surface area contributed by atoms with E-state index in [-0.39, 0.29) is 0 Å². The van der Waals surface area contributed by atoms with Crippen LogP contribution in [0, 0.1) is 0 Å². The van der Waals surface area contributed by atoms with Gasteiger partial charge in [0.15, 0.2) is 9.84 Å². The van der Waals surface area contributed by atoms with E-state index in [0.29, 0.717) is 17.1 Å². The predicted molar refractivity (Wildman–Crippen MR) is 78.2 cm³/mol. The lowest BCUT2D eigenvalue weighted by atomic mass is 10.1. The van der Waals surface area contributed by atoms with Crippen LogP contribution in [0.2, 0.25) is 0 Å². The van der Waals surface area contributed by atoms with Gasteiger partial charge in [0.1, 0.15) is 0 Å². The normalized spacial score (nSPS) is 11.2. The van der Waals surface area contributed by atoms with Gasteiger partial charge in [-0.25, -0.2) is 8.42 Å². The average Bonchev–Trinajstić information content (AvgIpc) is 2.39. The summed E-state index contributed by atoms with van der Waals surface area (Å²) >= 11 is 0. The van der Waals surface area contributed by atoms with Gasteiger partial charge in [0, 0.05) is 12.8 Å². The second kappa shape index (κ2) is 5.89. The molecule has 0 aliphatic heterocycles. The van der Waals surface area contributed by atoms with Gasteiger partial charge < -0.3 is 5.32 Å². The fourth-order valence-electron chi connectivity index (χ4n) is 1.92. The highest BCUT2D eigenvalue weighted by molar-refractivity contribution is 7.90. The Bertz CT molecular complexity index is 636. The smallest absolute Gasteiger partial charge is 0.177 e. The summed E-state index contributed by atoms with van der Waals surface area (Å²) in [4.78, 5) is 0.350. The first kappa shape index (κ1) is 13.6. The van der Waals surface area contributed by atoms with Crippen molar-refractivity contribution in [1.29, 1.82) is 0 Å². The van der Waals surface area contributed by atoms with E-state index >= 15 is 0 Å². The SMILES string of the molecule is CS(=O)(=O)c1ccccc1NCCc1ccccc1. The maximum atomic E-state index is 11.6. The molecule has 0 unspecified atom stereocenters. The van der Waals surface area contributed by atoms with Gasteiger partial charge in [-0.3, -0.25) is 0 Å². The minimum Gasteiger partial charge on any atom is -0.384 e. The van der Waals surface area contributed by atoms with Crippen LogP contribution in [0.4, 0.5) is 5.69 Å². The number of nitrogens with one attached hydrogen (secondary N) is 1.